The van der Waals surface area contributed by atoms with Crippen molar-refractivity contribution in [2.75, 3.05) is 0 Å². The van der Waals surface area contributed by atoms with E-state index in [0.717, 1.165) is 0 Å². The second-order valence-electron chi connectivity index (χ2n) is 2.77. The van der Waals surface area contributed by atoms with Crippen LogP contribution in [0.4, 0.5) is 43.9 Å². The number of alkyl halides is 10. The first-order valence-electron chi connectivity index (χ1n) is 3.52. The zero-order valence-corrected chi connectivity index (χ0v) is 9.05. The summed E-state index contributed by atoms with van der Waals surface area (Å²) in [7, 11) is 0. The summed E-state index contributed by atoms with van der Waals surface area (Å²) >= 11 is 8.39. The van der Waals surface area contributed by atoms with E-state index in [0.29, 0.717) is 0 Å². The highest BCUT2D eigenvalue weighted by Crippen LogP contribution is 2.50. The molecule has 0 bridgehead atoms. The minimum atomic E-state index is -6.47. The molecule has 108 valence electrons. The van der Waals surface area contributed by atoms with Crippen LogP contribution in [0.1, 0.15) is 0 Å². The molecule has 0 saturated carbocycles. The molecule has 0 aromatic rings. The molecular weight excluding hydrogens is 333 g/mol. The molecule has 0 fully saturated rings. The lowest BCUT2D eigenvalue weighted by molar-refractivity contribution is -0.270. The summed E-state index contributed by atoms with van der Waals surface area (Å²) < 4.78 is 120. The summed E-state index contributed by atoms with van der Waals surface area (Å²) in [5.41, 5.74) is 0. The van der Waals surface area contributed by atoms with E-state index in [9.17, 15) is 43.9 Å². The average molecular weight is 333 g/mol. The van der Waals surface area contributed by atoms with Crippen LogP contribution < -0.4 is 0 Å². The highest BCUT2D eigenvalue weighted by Gasteiger charge is 2.66. The molecule has 0 saturated heterocycles. The predicted molar refractivity (Wildman–Crippen MR) is 40.7 cm³/mol. The van der Waals surface area contributed by atoms with E-state index in [-0.39, 0.29) is 0 Å². The van der Waals surface area contributed by atoms with E-state index in [4.69, 9.17) is 0 Å². The Labute approximate surface area is 102 Å². The number of hydrogen-bond donors (Lipinski definition) is 0. The maximum atomic E-state index is 12.4. The third-order valence-electron chi connectivity index (χ3n) is 1.46. The molecule has 0 aliphatic carbocycles. The lowest BCUT2D eigenvalue weighted by Crippen LogP contribution is -2.42. The fraction of sp³-hybridized carbons (Fsp3) is 0.667. The summed E-state index contributed by atoms with van der Waals surface area (Å²) in [4.78, 5) is 0. The van der Waals surface area contributed by atoms with Crippen LogP contribution in [0.3, 0.4) is 0 Å². The molecule has 0 heterocycles. The largest absolute Gasteiger partial charge is 0.459 e. The van der Waals surface area contributed by atoms with Gasteiger partial charge < -0.3 is 0 Å². The Bertz CT molecular complexity index is 314. The maximum Gasteiger partial charge on any atom is 0.459 e. The Hall–Kier alpha value is -0.380. The lowest BCUT2D eigenvalue weighted by Gasteiger charge is -2.24. The molecule has 0 nitrogen and oxygen atoms in total. The quantitative estimate of drug-likeness (QED) is 0.619. The Kier molecular flexibility index (Phi) is 4.52. The first kappa shape index (κ1) is 17.6. The Morgan fingerprint density at radius 1 is 0.500 bits per heavy atom. The van der Waals surface area contributed by atoms with Gasteiger partial charge in [-0.2, -0.15) is 43.9 Å². The van der Waals surface area contributed by atoms with E-state index in [1.165, 1.54) is 0 Å². The van der Waals surface area contributed by atoms with Crippen LogP contribution in [0, 0.1) is 0 Å². The van der Waals surface area contributed by atoms with Gasteiger partial charge in [0.15, 0.2) is 0 Å². The molecule has 0 amide bonds. The van der Waals surface area contributed by atoms with Crippen LogP contribution in [0.15, 0.2) is 10.1 Å². The highest BCUT2D eigenvalue weighted by molar-refractivity contribution is 6.40. The summed E-state index contributed by atoms with van der Waals surface area (Å²) in [6.45, 7) is 0. The van der Waals surface area contributed by atoms with Gasteiger partial charge in [-0.05, 0) is 0 Å². The maximum absolute atomic E-state index is 12.4. The van der Waals surface area contributed by atoms with Gasteiger partial charge in [-0.3, -0.25) is 0 Å². The van der Waals surface area contributed by atoms with E-state index in [2.05, 4.69) is 23.2 Å². The second-order valence-corrected chi connectivity index (χ2v) is 3.53. The fourth-order valence-electron chi connectivity index (χ4n) is 0.525. The Morgan fingerprint density at radius 3 is 0.778 bits per heavy atom. The van der Waals surface area contributed by atoms with Gasteiger partial charge in [0.2, 0.25) is 0 Å². The van der Waals surface area contributed by atoms with Crippen LogP contribution >= 0.6 is 23.2 Å². The smallest absolute Gasteiger partial charge is 0.190 e. The van der Waals surface area contributed by atoms with Crippen molar-refractivity contribution in [1.82, 2.24) is 0 Å². The van der Waals surface area contributed by atoms with Gasteiger partial charge in [-0.15, -0.1) is 0 Å². The summed E-state index contributed by atoms with van der Waals surface area (Å²) in [6.07, 6.45) is -12.9. The van der Waals surface area contributed by atoms with Crippen LogP contribution in [0.5, 0.6) is 0 Å². The Balaban J connectivity index is 5.81. The van der Waals surface area contributed by atoms with Crippen LogP contribution in [-0.2, 0) is 0 Å². The zero-order chi connectivity index (χ0) is 15.2. The average Bonchev–Trinajstić information content (AvgIpc) is 2.11. The SMILES string of the molecule is FC(F)(F)C(F)(F)C(Cl)=C(Cl)C(F)(F)C(F)(F)F. The first-order valence-corrected chi connectivity index (χ1v) is 4.27. The third kappa shape index (κ3) is 2.95. The molecule has 0 unspecified atom stereocenters. The molecule has 0 radical (unpaired) electrons. The van der Waals surface area contributed by atoms with Gasteiger partial charge in [0.1, 0.15) is 10.1 Å². The van der Waals surface area contributed by atoms with Crippen molar-refractivity contribution in [3.05, 3.63) is 10.1 Å². The Morgan fingerprint density at radius 2 is 0.667 bits per heavy atom. The predicted octanol–water partition coefficient (Wildman–Crippen LogP) is 5.07. The first-order chi connectivity index (χ1) is 7.57. The molecule has 0 rings (SSSR count). The van der Waals surface area contributed by atoms with Gasteiger partial charge in [-0.25, -0.2) is 0 Å². The number of allylic oxidation sites excluding steroid dienone is 2. The molecule has 0 aliphatic heterocycles. The second kappa shape index (κ2) is 4.62. The highest BCUT2D eigenvalue weighted by atomic mass is 35.5. The number of hydrogen-bond acceptors (Lipinski definition) is 0. The van der Waals surface area contributed by atoms with Crippen molar-refractivity contribution in [2.45, 2.75) is 24.2 Å². The third-order valence-corrected chi connectivity index (χ3v) is 2.41. The van der Waals surface area contributed by atoms with E-state index >= 15 is 0 Å². The standard InChI is InChI=1S/C6Cl2F10/c7-1(3(9,10)5(13,14)15)2(8)4(11,12)6(16,17)18. The fourth-order valence-corrected chi connectivity index (χ4v) is 0.976. The van der Waals surface area contributed by atoms with Gasteiger partial charge in [0.05, 0.1) is 0 Å². The normalized spacial score (nSPS) is 16.7. The van der Waals surface area contributed by atoms with Gasteiger partial charge >= 0.3 is 24.2 Å². The molecule has 0 aromatic heterocycles. The van der Waals surface area contributed by atoms with Crippen molar-refractivity contribution in [3.8, 4) is 0 Å². The molecule has 0 N–H and O–H groups in total. The van der Waals surface area contributed by atoms with Gasteiger partial charge in [0.25, 0.3) is 0 Å². The number of rotatable bonds is 2. The van der Waals surface area contributed by atoms with E-state index in [1.54, 1.807) is 0 Å². The molecule has 0 aliphatic rings. The van der Waals surface area contributed by atoms with Crippen molar-refractivity contribution >= 4 is 23.2 Å². The van der Waals surface area contributed by atoms with Crippen molar-refractivity contribution < 1.29 is 43.9 Å². The number of halogens is 12. The van der Waals surface area contributed by atoms with Crippen molar-refractivity contribution in [3.63, 3.8) is 0 Å². The summed E-state index contributed by atoms with van der Waals surface area (Å²) in [5.74, 6) is -12.2. The minimum absolute atomic E-state index is 3.14. The van der Waals surface area contributed by atoms with E-state index in [1.807, 2.05) is 0 Å². The topological polar surface area (TPSA) is 0 Å². The van der Waals surface area contributed by atoms with Crippen LogP contribution in [-0.4, -0.2) is 24.2 Å². The summed E-state index contributed by atoms with van der Waals surface area (Å²) in [6, 6.07) is 0. The molecule has 18 heavy (non-hydrogen) atoms. The lowest BCUT2D eigenvalue weighted by atomic mass is 10.2. The van der Waals surface area contributed by atoms with Crippen LogP contribution in [0.25, 0.3) is 0 Å². The molecule has 0 aromatic carbocycles. The van der Waals surface area contributed by atoms with Gasteiger partial charge in [-0.1, -0.05) is 23.2 Å². The van der Waals surface area contributed by atoms with Gasteiger partial charge in [0, 0.05) is 0 Å². The van der Waals surface area contributed by atoms with Crippen LogP contribution in [0.2, 0.25) is 0 Å². The van der Waals surface area contributed by atoms with Crippen molar-refractivity contribution in [2.24, 2.45) is 0 Å². The summed E-state index contributed by atoms with van der Waals surface area (Å²) in [5, 5.41) is -6.28. The zero-order valence-electron chi connectivity index (χ0n) is 7.54. The molecule has 0 atom stereocenters. The monoisotopic (exact) mass is 332 g/mol. The molecule has 12 heteroatoms. The minimum Gasteiger partial charge on any atom is -0.190 e. The molecule has 0 spiro atoms. The molecular formula is C6Cl2F10. The van der Waals surface area contributed by atoms with E-state index < -0.39 is 34.3 Å². The van der Waals surface area contributed by atoms with Crippen molar-refractivity contribution in [1.29, 1.82) is 0 Å².